The van der Waals surface area contributed by atoms with E-state index in [9.17, 15) is 13.2 Å². The van der Waals surface area contributed by atoms with Crippen molar-refractivity contribution in [2.45, 2.75) is 47.5 Å². The van der Waals surface area contributed by atoms with Crippen molar-refractivity contribution < 1.29 is 13.2 Å². The van der Waals surface area contributed by atoms with Gasteiger partial charge in [-0.3, -0.25) is 9.10 Å². The Labute approximate surface area is 168 Å². The van der Waals surface area contributed by atoms with Gasteiger partial charge >= 0.3 is 0 Å². The van der Waals surface area contributed by atoms with E-state index in [0.717, 1.165) is 52.6 Å². The largest absolute Gasteiger partial charge is 0.324 e. The number of sulfonamides is 1. The highest BCUT2D eigenvalue weighted by Crippen LogP contribution is 2.29. The van der Waals surface area contributed by atoms with Crippen molar-refractivity contribution in [2.24, 2.45) is 0 Å². The number of carbonyl (C=O) groups is 1. The van der Waals surface area contributed by atoms with Crippen LogP contribution < -0.4 is 9.62 Å². The molecule has 0 heterocycles. The maximum Gasteiger partial charge on any atom is 0.245 e. The van der Waals surface area contributed by atoms with E-state index in [1.165, 1.54) is 4.31 Å². The molecule has 0 aliphatic carbocycles. The summed E-state index contributed by atoms with van der Waals surface area (Å²) in [6.45, 7) is 9.51. The molecular weight excluding hydrogens is 372 g/mol. The van der Waals surface area contributed by atoms with Crippen molar-refractivity contribution in [3.8, 4) is 0 Å². The quantitative estimate of drug-likeness (QED) is 0.757. The molecule has 2 aromatic rings. The van der Waals surface area contributed by atoms with E-state index in [4.69, 9.17) is 0 Å². The second-order valence-corrected chi connectivity index (χ2v) is 9.13. The number of para-hydroxylation sites is 1. The number of rotatable bonds is 7. The highest BCUT2D eigenvalue weighted by atomic mass is 32.2. The van der Waals surface area contributed by atoms with Crippen molar-refractivity contribution in [3.63, 3.8) is 0 Å². The van der Waals surface area contributed by atoms with E-state index >= 15 is 0 Å². The lowest BCUT2D eigenvalue weighted by atomic mass is 10.0. The molecule has 1 amide bonds. The topological polar surface area (TPSA) is 66.5 Å². The fraction of sp³-hybridized carbons (Fsp3) is 0.409. The van der Waals surface area contributed by atoms with E-state index in [1.54, 1.807) is 0 Å². The molecule has 1 N–H and O–H groups in total. The minimum atomic E-state index is -3.62. The Morgan fingerprint density at radius 3 is 1.93 bits per heavy atom. The van der Waals surface area contributed by atoms with E-state index < -0.39 is 10.0 Å². The Bertz CT molecular complexity index is 936. The fourth-order valence-electron chi connectivity index (χ4n) is 3.64. The molecule has 0 fully saturated rings. The lowest BCUT2D eigenvalue weighted by molar-refractivity contribution is -0.114. The molecule has 0 bridgehead atoms. The molecule has 0 aliphatic rings. The minimum absolute atomic E-state index is 0.259. The first kappa shape index (κ1) is 22.0. The van der Waals surface area contributed by atoms with E-state index in [-0.39, 0.29) is 12.5 Å². The molecule has 0 radical (unpaired) electrons. The molecule has 152 valence electrons. The second kappa shape index (κ2) is 8.78. The second-order valence-electron chi connectivity index (χ2n) is 7.22. The minimum Gasteiger partial charge on any atom is -0.324 e. The normalized spacial score (nSPS) is 11.4. The molecule has 0 aromatic heterocycles. The molecule has 2 aromatic carbocycles. The van der Waals surface area contributed by atoms with Gasteiger partial charge in [-0.1, -0.05) is 49.7 Å². The fourth-order valence-corrected chi connectivity index (χ4v) is 4.61. The van der Waals surface area contributed by atoms with Gasteiger partial charge in [0.05, 0.1) is 11.9 Å². The average Bonchev–Trinajstić information content (AvgIpc) is 2.59. The van der Waals surface area contributed by atoms with Crippen molar-refractivity contribution in [1.82, 2.24) is 0 Å². The van der Waals surface area contributed by atoms with Gasteiger partial charge < -0.3 is 5.32 Å². The van der Waals surface area contributed by atoms with Gasteiger partial charge in [0.15, 0.2) is 0 Å². The van der Waals surface area contributed by atoms with Crippen molar-refractivity contribution in [2.75, 3.05) is 22.4 Å². The van der Waals surface area contributed by atoms with Crippen LogP contribution in [0.1, 0.15) is 41.7 Å². The highest BCUT2D eigenvalue weighted by Gasteiger charge is 2.24. The van der Waals surface area contributed by atoms with Crippen molar-refractivity contribution in [3.05, 3.63) is 58.1 Å². The number of anilines is 2. The first-order valence-corrected chi connectivity index (χ1v) is 11.4. The summed E-state index contributed by atoms with van der Waals surface area (Å²) in [5, 5.41) is 2.96. The summed E-state index contributed by atoms with van der Waals surface area (Å²) in [5.41, 5.74) is 6.17. The first-order chi connectivity index (χ1) is 13.1. The van der Waals surface area contributed by atoms with E-state index in [0.29, 0.717) is 5.69 Å². The van der Waals surface area contributed by atoms with Crippen LogP contribution in [0.3, 0.4) is 0 Å². The molecule has 0 saturated heterocycles. The Balaban J connectivity index is 2.40. The zero-order valence-corrected chi connectivity index (χ0v) is 18.4. The maximum absolute atomic E-state index is 12.9. The summed E-state index contributed by atoms with van der Waals surface area (Å²) >= 11 is 0. The third-order valence-electron chi connectivity index (χ3n) is 4.84. The SMILES string of the molecule is CCc1cccc(CC)c1NC(=O)CN(c1c(C)cc(C)cc1C)S(C)(=O)=O. The number of carbonyl (C=O) groups excluding carboxylic acids is 1. The van der Waals surface area contributed by atoms with E-state index in [1.807, 2.05) is 65.0 Å². The van der Waals surface area contributed by atoms with Gasteiger partial charge in [-0.25, -0.2) is 8.42 Å². The number of aryl methyl sites for hydroxylation is 5. The standard InChI is InChI=1S/C22H30N2O3S/c1-7-18-10-9-11-19(8-2)21(18)23-20(25)14-24(28(6,26)27)22-16(4)12-15(3)13-17(22)5/h9-13H,7-8,14H2,1-6H3,(H,23,25). The van der Waals surface area contributed by atoms with Crippen LogP contribution in [0.4, 0.5) is 11.4 Å². The number of benzene rings is 2. The van der Waals surface area contributed by atoms with E-state index in [2.05, 4.69) is 5.32 Å². The first-order valence-electron chi connectivity index (χ1n) is 9.54. The van der Waals surface area contributed by atoms with Gasteiger partial charge in [0.1, 0.15) is 6.54 Å². The van der Waals surface area contributed by atoms with Gasteiger partial charge in [0.2, 0.25) is 15.9 Å². The summed E-state index contributed by atoms with van der Waals surface area (Å²) in [4.78, 5) is 12.9. The molecule has 28 heavy (non-hydrogen) atoms. The molecule has 0 spiro atoms. The molecule has 0 unspecified atom stereocenters. The predicted molar refractivity (Wildman–Crippen MR) is 117 cm³/mol. The monoisotopic (exact) mass is 402 g/mol. The summed E-state index contributed by atoms with van der Waals surface area (Å²) in [6.07, 6.45) is 2.71. The van der Waals surface area contributed by atoms with Crippen LogP contribution in [0.5, 0.6) is 0 Å². The van der Waals surface area contributed by atoms with Gasteiger partial charge in [-0.15, -0.1) is 0 Å². The molecule has 0 aliphatic heterocycles. The predicted octanol–water partition coefficient (Wildman–Crippen LogP) is 4.14. The van der Waals surface area contributed by atoms with Crippen LogP contribution in [0, 0.1) is 20.8 Å². The van der Waals surface area contributed by atoms with Crippen LogP contribution in [-0.4, -0.2) is 27.1 Å². The molecule has 6 heteroatoms. The van der Waals surface area contributed by atoms with Crippen molar-refractivity contribution >= 4 is 27.3 Å². The smallest absolute Gasteiger partial charge is 0.245 e. The maximum atomic E-state index is 12.9. The summed E-state index contributed by atoms with van der Waals surface area (Å²) in [7, 11) is -3.62. The number of nitrogens with zero attached hydrogens (tertiary/aromatic N) is 1. The van der Waals surface area contributed by atoms with Crippen molar-refractivity contribution in [1.29, 1.82) is 0 Å². The molecule has 0 atom stereocenters. The molecule has 2 rings (SSSR count). The third kappa shape index (κ3) is 4.93. The van der Waals surface area contributed by atoms with Crippen LogP contribution >= 0.6 is 0 Å². The number of hydrogen-bond acceptors (Lipinski definition) is 3. The van der Waals surface area contributed by atoms with Crippen LogP contribution in [0.25, 0.3) is 0 Å². The zero-order valence-electron chi connectivity index (χ0n) is 17.6. The lowest BCUT2D eigenvalue weighted by Crippen LogP contribution is -2.38. The summed E-state index contributed by atoms with van der Waals surface area (Å²) in [5.74, 6) is -0.347. The molecule has 0 saturated carbocycles. The number of hydrogen-bond donors (Lipinski definition) is 1. The lowest BCUT2D eigenvalue weighted by Gasteiger charge is -2.26. The highest BCUT2D eigenvalue weighted by molar-refractivity contribution is 7.92. The van der Waals surface area contributed by atoms with Gasteiger partial charge in [-0.05, 0) is 55.9 Å². The number of nitrogens with one attached hydrogen (secondary N) is 1. The summed E-state index contributed by atoms with van der Waals surface area (Å²) in [6, 6.07) is 9.81. The number of amides is 1. The Morgan fingerprint density at radius 1 is 1.00 bits per heavy atom. The zero-order chi connectivity index (χ0) is 21.1. The summed E-state index contributed by atoms with van der Waals surface area (Å²) < 4.78 is 26.2. The Hall–Kier alpha value is -2.34. The molecular formula is C22H30N2O3S. The third-order valence-corrected chi connectivity index (χ3v) is 5.95. The van der Waals surface area contributed by atoms with Crippen LogP contribution in [0.2, 0.25) is 0 Å². The Kier molecular flexibility index (Phi) is 6.88. The van der Waals surface area contributed by atoms with Gasteiger partial charge in [0.25, 0.3) is 0 Å². The average molecular weight is 403 g/mol. The Morgan fingerprint density at radius 2 is 1.50 bits per heavy atom. The van der Waals surface area contributed by atoms with Gasteiger partial charge in [0, 0.05) is 5.69 Å². The molecule has 5 nitrogen and oxygen atoms in total. The van der Waals surface area contributed by atoms with Crippen LogP contribution in [0.15, 0.2) is 30.3 Å². The van der Waals surface area contributed by atoms with Gasteiger partial charge in [-0.2, -0.15) is 0 Å². The van der Waals surface area contributed by atoms with Crippen LogP contribution in [-0.2, 0) is 27.7 Å².